The fourth-order valence-electron chi connectivity index (χ4n) is 5.25. The number of amides is 2. The van der Waals surface area contributed by atoms with Crippen molar-refractivity contribution in [1.29, 1.82) is 0 Å². The summed E-state index contributed by atoms with van der Waals surface area (Å²) in [6, 6.07) is 23.8. The number of rotatable bonds is 8. The highest BCUT2D eigenvalue weighted by Crippen LogP contribution is 2.44. The van der Waals surface area contributed by atoms with Gasteiger partial charge in [0.05, 0.1) is 0 Å². The van der Waals surface area contributed by atoms with Gasteiger partial charge < -0.3 is 20.4 Å². The zero-order chi connectivity index (χ0) is 28.9. The molecule has 0 radical (unpaired) electrons. The van der Waals surface area contributed by atoms with E-state index in [0.717, 1.165) is 33.4 Å². The maximum Gasteiger partial charge on any atom is 0.407 e. The Morgan fingerprint density at radius 2 is 1.57 bits per heavy atom. The van der Waals surface area contributed by atoms with E-state index in [9.17, 15) is 14.4 Å². The van der Waals surface area contributed by atoms with Gasteiger partial charge in [-0.15, -0.1) is 0 Å². The van der Waals surface area contributed by atoms with E-state index in [1.165, 1.54) is 0 Å². The Balaban J connectivity index is 1.19. The summed E-state index contributed by atoms with van der Waals surface area (Å²) in [7, 11) is 0. The SMILES string of the molecule is O=C(N[C@H](Cc1cccnc1)C(=O)Nc1cc(-c2ccncc2)c[nH]c1=O)OCC1c2ccccc2-c2ccccc21. The topological polar surface area (TPSA) is 126 Å². The standard InChI is InChI=1S/C33H27N5O4/c39-31-30(17-23(19-36-31)22-11-14-34-15-12-22)37-32(40)29(16-21-6-5-13-35-18-21)38-33(41)42-20-28-26-9-3-1-7-24(26)25-8-2-4-10-27(25)28/h1-15,17-19,28-29H,16,20H2,(H,36,39)(H,37,40)(H,38,41)/t29-/m1/s1. The molecule has 0 saturated carbocycles. The summed E-state index contributed by atoms with van der Waals surface area (Å²) in [5.41, 5.74) is 6.25. The van der Waals surface area contributed by atoms with Crippen LogP contribution in [0.2, 0.25) is 0 Å². The molecular formula is C33H27N5O4. The number of nitrogens with zero attached hydrogens (tertiary/aromatic N) is 2. The quantitative estimate of drug-likeness (QED) is 0.249. The lowest BCUT2D eigenvalue weighted by Crippen LogP contribution is -2.46. The van der Waals surface area contributed by atoms with Gasteiger partial charge in [0.2, 0.25) is 5.91 Å². The molecule has 0 unspecified atom stereocenters. The number of fused-ring (bicyclic) bond motifs is 3. The molecule has 0 aliphatic heterocycles. The van der Waals surface area contributed by atoms with Gasteiger partial charge in [0, 0.05) is 48.9 Å². The average molecular weight is 558 g/mol. The number of benzene rings is 2. The number of ether oxygens (including phenoxy) is 1. The van der Waals surface area contributed by atoms with Crippen molar-refractivity contribution >= 4 is 17.7 Å². The maximum atomic E-state index is 13.5. The van der Waals surface area contributed by atoms with E-state index in [1.54, 1.807) is 55.2 Å². The van der Waals surface area contributed by atoms with Crippen LogP contribution >= 0.6 is 0 Å². The number of hydrogen-bond donors (Lipinski definition) is 3. The van der Waals surface area contributed by atoms with Crippen molar-refractivity contribution in [2.24, 2.45) is 0 Å². The minimum atomic E-state index is -1.03. The second-order valence-electron chi connectivity index (χ2n) is 9.94. The summed E-state index contributed by atoms with van der Waals surface area (Å²) < 4.78 is 5.69. The number of alkyl carbamates (subject to hydrolysis) is 1. The van der Waals surface area contributed by atoms with Crippen LogP contribution in [-0.4, -0.2) is 39.6 Å². The second kappa shape index (κ2) is 11.9. The highest BCUT2D eigenvalue weighted by molar-refractivity contribution is 5.97. The van der Waals surface area contributed by atoms with Crippen molar-refractivity contribution in [1.82, 2.24) is 20.3 Å². The number of H-pyrrole nitrogens is 1. The molecule has 42 heavy (non-hydrogen) atoms. The third-order valence-corrected chi connectivity index (χ3v) is 7.29. The number of carbonyl (C=O) groups is 2. The van der Waals surface area contributed by atoms with Crippen molar-refractivity contribution in [2.45, 2.75) is 18.4 Å². The molecule has 0 saturated heterocycles. The maximum absolute atomic E-state index is 13.5. The Labute approximate surface area is 241 Å². The van der Waals surface area contributed by atoms with Gasteiger partial charge in [-0.1, -0.05) is 54.6 Å². The van der Waals surface area contributed by atoms with Crippen LogP contribution < -0.4 is 16.2 Å². The van der Waals surface area contributed by atoms with Crippen LogP contribution in [0.4, 0.5) is 10.5 Å². The van der Waals surface area contributed by atoms with Gasteiger partial charge >= 0.3 is 6.09 Å². The molecule has 5 aromatic rings. The van der Waals surface area contributed by atoms with Crippen LogP contribution in [0.5, 0.6) is 0 Å². The molecule has 6 rings (SSSR count). The van der Waals surface area contributed by atoms with E-state index in [4.69, 9.17) is 4.74 Å². The molecular weight excluding hydrogens is 530 g/mol. The van der Waals surface area contributed by atoms with Crippen molar-refractivity contribution in [2.75, 3.05) is 11.9 Å². The summed E-state index contributed by atoms with van der Waals surface area (Å²) in [6.45, 7) is 0.106. The Kier molecular flexibility index (Phi) is 7.54. The first kappa shape index (κ1) is 26.6. The van der Waals surface area contributed by atoms with Crippen LogP contribution in [0.15, 0.2) is 115 Å². The van der Waals surface area contributed by atoms with Gasteiger partial charge in [0.1, 0.15) is 18.3 Å². The molecule has 9 nitrogen and oxygen atoms in total. The molecule has 3 aromatic heterocycles. The molecule has 2 aromatic carbocycles. The summed E-state index contributed by atoms with van der Waals surface area (Å²) in [5, 5.41) is 5.38. The van der Waals surface area contributed by atoms with Gasteiger partial charge in [0.15, 0.2) is 0 Å². The normalized spacial score (nSPS) is 12.6. The van der Waals surface area contributed by atoms with Gasteiger partial charge in [-0.25, -0.2) is 4.79 Å². The fraction of sp³-hybridized carbons (Fsp3) is 0.121. The summed E-state index contributed by atoms with van der Waals surface area (Å²) in [6.07, 6.45) is 7.50. The van der Waals surface area contributed by atoms with E-state index in [0.29, 0.717) is 5.56 Å². The Bertz CT molecular complexity index is 1740. The summed E-state index contributed by atoms with van der Waals surface area (Å²) in [5.74, 6) is -0.687. The first-order chi connectivity index (χ1) is 20.6. The molecule has 208 valence electrons. The smallest absolute Gasteiger partial charge is 0.407 e. The molecule has 0 fully saturated rings. The minimum Gasteiger partial charge on any atom is -0.449 e. The molecule has 1 aliphatic carbocycles. The molecule has 1 aliphatic rings. The highest BCUT2D eigenvalue weighted by atomic mass is 16.5. The number of aromatic nitrogens is 3. The van der Waals surface area contributed by atoms with Crippen molar-refractivity contribution in [3.05, 3.63) is 137 Å². The number of aromatic amines is 1. The number of anilines is 1. The molecule has 0 bridgehead atoms. The zero-order valence-corrected chi connectivity index (χ0v) is 22.5. The number of nitrogens with one attached hydrogen (secondary N) is 3. The highest BCUT2D eigenvalue weighted by Gasteiger charge is 2.30. The average Bonchev–Trinajstić information content (AvgIpc) is 3.35. The van der Waals surface area contributed by atoms with Crippen LogP contribution in [0.25, 0.3) is 22.3 Å². The van der Waals surface area contributed by atoms with Gasteiger partial charge in [-0.2, -0.15) is 0 Å². The lowest BCUT2D eigenvalue weighted by atomic mass is 9.98. The summed E-state index contributed by atoms with van der Waals surface area (Å²) >= 11 is 0. The largest absolute Gasteiger partial charge is 0.449 e. The van der Waals surface area contributed by atoms with Crippen LogP contribution in [0, 0.1) is 0 Å². The van der Waals surface area contributed by atoms with E-state index in [-0.39, 0.29) is 24.6 Å². The first-order valence-electron chi connectivity index (χ1n) is 13.5. The van der Waals surface area contributed by atoms with E-state index < -0.39 is 23.6 Å². The predicted molar refractivity (Wildman–Crippen MR) is 159 cm³/mol. The van der Waals surface area contributed by atoms with E-state index in [2.05, 4.69) is 37.7 Å². The Morgan fingerprint density at radius 1 is 0.857 bits per heavy atom. The Morgan fingerprint density at radius 3 is 2.26 bits per heavy atom. The predicted octanol–water partition coefficient (Wildman–Crippen LogP) is 4.92. The van der Waals surface area contributed by atoms with Crippen LogP contribution in [0.1, 0.15) is 22.6 Å². The monoisotopic (exact) mass is 557 g/mol. The third-order valence-electron chi connectivity index (χ3n) is 7.29. The second-order valence-corrected chi connectivity index (χ2v) is 9.94. The molecule has 3 heterocycles. The number of carbonyl (C=O) groups excluding carboxylic acids is 2. The lowest BCUT2D eigenvalue weighted by Gasteiger charge is -2.20. The minimum absolute atomic E-state index is 0.0554. The Hall–Kier alpha value is -5.57. The van der Waals surface area contributed by atoms with E-state index in [1.807, 2.05) is 42.5 Å². The van der Waals surface area contributed by atoms with Crippen LogP contribution in [0.3, 0.4) is 0 Å². The van der Waals surface area contributed by atoms with Crippen molar-refractivity contribution in [3.63, 3.8) is 0 Å². The summed E-state index contributed by atoms with van der Waals surface area (Å²) in [4.78, 5) is 49.9. The van der Waals surface area contributed by atoms with Gasteiger partial charge in [0.25, 0.3) is 5.56 Å². The van der Waals surface area contributed by atoms with Crippen LogP contribution in [-0.2, 0) is 16.0 Å². The van der Waals surface area contributed by atoms with Crippen molar-refractivity contribution in [3.8, 4) is 22.3 Å². The van der Waals surface area contributed by atoms with Gasteiger partial charge in [-0.3, -0.25) is 19.6 Å². The molecule has 0 spiro atoms. The lowest BCUT2D eigenvalue weighted by molar-refractivity contribution is -0.118. The number of hydrogen-bond acceptors (Lipinski definition) is 6. The van der Waals surface area contributed by atoms with Gasteiger partial charge in [-0.05, 0) is 57.6 Å². The fourth-order valence-corrected chi connectivity index (χ4v) is 5.25. The first-order valence-corrected chi connectivity index (χ1v) is 13.5. The number of pyridine rings is 3. The molecule has 3 N–H and O–H groups in total. The van der Waals surface area contributed by atoms with E-state index >= 15 is 0 Å². The molecule has 2 amide bonds. The molecule has 1 atom stereocenters. The third kappa shape index (κ3) is 5.66. The van der Waals surface area contributed by atoms with Crippen molar-refractivity contribution < 1.29 is 14.3 Å². The molecule has 9 heteroatoms. The zero-order valence-electron chi connectivity index (χ0n) is 22.5.